The number of aromatic amines is 2. The van der Waals surface area contributed by atoms with Crippen molar-refractivity contribution in [1.29, 1.82) is 0 Å². The molecule has 2 aromatic carbocycles. The van der Waals surface area contributed by atoms with Gasteiger partial charge >= 0.3 is 5.69 Å². The van der Waals surface area contributed by atoms with E-state index < -0.39 is 0 Å². The van der Waals surface area contributed by atoms with Gasteiger partial charge in [0.15, 0.2) is 0 Å². The lowest BCUT2D eigenvalue weighted by Crippen LogP contribution is -2.26. The Labute approximate surface area is 161 Å². The number of para-hydroxylation sites is 1. The third-order valence-corrected chi connectivity index (χ3v) is 4.72. The van der Waals surface area contributed by atoms with Gasteiger partial charge in [0.2, 0.25) is 5.91 Å². The molecule has 7 nitrogen and oxygen atoms in total. The molecule has 1 atom stereocenters. The van der Waals surface area contributed by atoms with E-state index in [-0.39, 0.29) is 17.6 Å². The smallest absolute Gasteiger partial charge is 0.323 e. The number of carbonyl (C=O) groups is 1. The molecule has 0 radical (unpaired) electrons. The van der Waals surface area contributed by atoms with Gasteiger partial charge in [-0.3, -0.25) is 4.79 Å². The molecule has 0 saturated heterocycles. The predicted molar refractivity (Wildman–Crippen MR) is 107 cm³/mol. The molecule has 4 aromatic rings. The molecule has 0 aliphatic rings. The van der Waals surface area contributed by atoms with Crippen LogP contribution < -0.4 is 11.0 Å². The average Bonchev–Trinajstić information content (AvgIpc) is 3.32. The number of nitrogens with zero attached hydrogens (tertiary/aromatic N) is 2. The number of aromatic nitrogens is 4. The fourth-order valence-electron chi connectivity index (χ4n) is 3.19. The van der Waals surface area contributed by atoms with Crippen LogP contribution in [0.1, 0.15) is 30.5 Å². The standard InChI is InChI=1S/C21H21N5O2/c1-14(16-8-9-18-19(11-16)25-21(28)24-18)23-20(27)10-7-15-12-22-26(13-15)17-5-3-2-4-6-17/h2-6,8-9,11-14H,7,10H2,1H3,(H,23,27)(H2,24,25,28). The van der Waals surface area contributed by atoms with E-state index in [1.165, 1.54) is 0 Å². The minimum Gasteiger partial charge on any atom is -0.350 e. The van der Waals surface area contributed by atoms with Gasteiger partial charge in [-0.15, -0.1) is 0 Å². The van der Waals surface area contributed by atoms with Crippen molar-refractivity contribution < 1.29 is 4.79 Å². The van der Waals surface area contributed by atoms with Crippen molar-refractivity contribution in [3.05, 3.63) is 82.5 Å². The largest absolute Gasteiger partial charge is 0.350 e. The summed E-state index contributed by atoms with van der Waals surface area (Å²) in [7, 11) is 0. The van der Waals surface area contributed by atoms with Crippen LogP contribution in [0.15, 0.2) is 65.7 Å². The Kier molecular flexibility index (Phi) is 4.80. The van der Waals surface area contributed by atoms with Crippen LogP contribution in [-0.2, 0) is 11.2 Å². The molecule has 2 aromatic heterocycles. The first-order valence-electron chi connectivity index (χ1n) is 9.19. The Bertz CT molecular complexity index is 1160. The lowest BCUT2D eigenvalue weighted by Gasteiger charge is -2.14. The second kappa shape index (κ2) is 7.56. The number of carbonyl (C=O) groups excluding carboxylic acids is 1. The molecule has 3 N–H and O–H groups in total. The van der Waals surface area contributed by atoms with Crippen LogP contribution >= 0.6 is 0 Å². The maximum Gasteiger partial charge on any atom is 0.323 e. The Balaban J connectivity index is 1.35. The minimum atomic E-state index is -0.236. The number of rotatable bonds is 6. The monoisotopic (exact) mass is 375 g/mol. The Morgan fingerprint density at radius 2 is 1.93 bits per heavy atom. The average molecular weight is 375 g/mol. The molecule has 0 bridgehead atoms. The van der Waals surface area contributed by atoms with Crippen molar-refractivity contribution >= 4 is 16.9 Å². The van der Waals surface area contributed by atoms with Gasteiger partial charge in [-0.05, 0) is 48.7 Å². The molecule has 1 amide bonds. The summed E-state index contributed by atoms with van der Waals surface area (Å²) in [5.41, 5.74) is 4.19. The van der Waals surface area contributed by atoms with Crippen LogP contribution in [0.2, 0.25) is 0 Å². The van der Waals surface area contributed by atoms with E-state index in [2.05, 4.69) is 20.4 Å². The van der Waals surface area contributed by atoms with E-state index >= 15 is 0 Å². The van der Waals surface area contributed by atoms with Crippen molar-refractivity contribution in [2.75, 3.05) is 0 Å². The molecular formula is C21H21N5O2. The SMILES string of the molecule is CC(NC(=O)CCc1cnn(-c2ccccc2)c1)c1ccc2[nH]c(=O)[nH]c2c1. The topological polar surface area (TPSA) is 95.6 Å². The highest BCUT2D eigenvalue weighted by Gasteiger charge is 2.12. The summed E-state index contributed by atoms with van der Waals surface area (Å²) in [6.45, 7) is 1.93. The Morgan fingerprint density at radius 1 is 1.14 bits per heavy atom. The summed E-state index contributed by atoms with van der Waals surface area (Å²) in [6, 6.07) is 15.3. The molecule has 1 unspecified atom stereocenters. The predicted octanol–water partition coefficient (Wildman–Crippen LogP) is 2.85. The molecule has 0 spiro atoms. The third kappa shape index (κ3) is 3.88. The lowest BCUT2D eigenvalue weighted by atomic mass is 10.1. The number of hydrogen-bond acceptors (Lipinski definition) is 3. The van der Waals surface area contributed by atoms with E-state index in [0.29, 0.717) is 12.8 Å². The van der Waals surface area contributed by atoms with Crippen molar-refractivity contribution in [2.45, 2.75) is 25.8 Å². The molecule has 7 heteroatoms. The number of amides is 1. The molecule has 28 heavy (non-hydrogen) atoms. The highest BCUT2D eigenvalue weighted by Crippen LogP contribution is 2.17. The van der Waals surface area contributed by atoms with Gasteiger partial charge in [0, 0.05) is 12.6 Å². The Hall–Kier alpha value is -3.61. The first-order valence-corrected chi connectivity index (χ1v) is 9.19. The second-order valence-corrected chi connectivity index (χ2v) is 6.80. The highest BCUT2D eigenvalue weighted by molar-refractivity contribution is 5.78. The van der Waals surface area contributed by atoms with Gasteiger partial charge in [-0.1, -0.05) is 24.3 Å². The number of H-pyrrole nitrogens is 2. The summed E-state index contributed by atoms with van der Waals surface area (Å²) in [5, 5.41) is 7.36. The minimum absolute atomic E-state index is 0.0254. The highest BCUT2D eigenvalue weighted by atomic mass is 16.1. The zero-order chi connectivity index (χ0) is 19.5. The zero-order valence-corrected chi connectivity index (χ0v) is 15.5. The molecule has 0 aliphatic heterocycles. The van der Waals surface area contributed by atoms with Crippen LogP contribution in [0.25, 0.3) is 16.7 Å². The summed E-state index contributed by atoms with van der Waals surface area (Å²) in [5.74, 6) is -0.0254. The lowest BCUT2D eigenvalue weighted by molar-refractivity contribution is -0.121. The van der Waals surface area contributed by atoms with Crippen molar-refractivity contribution in [3.8, 4) is 5.69 Å². The Morgan fingerprint density at radius 3 is 2.75 bits per heavy atom. The van der Waals surface area contributed by atoms with Crippen LogP contribution in [0.4, 0.5) is 0 Å². The maximum absolute atomic E-state index is 12.3. The second-order valence-electron chi connectivity index (χ2n) is 6.80. The van der Waals surface area contributed by atoms with Gasteiger partial charge in [-0.25, -0.2) is 9.48 Å². The molecule has 0 fully saturated rings. The molecule has 4 rings (SSSR count). The number of hydrogen-bond donors (Lipinski definition) is 3. The van der Waals surface area contributed by atoms with E-state index in [1.807, 2.05) is 66.3 Å². The van der Waals surface area contributed by atoms with E-state index in [9.17, 15) is 9.59 Å². The van der Waals surface area contributed by atoms with Crippen LogP contribution in [0.5, 0.6) is 0 Å². The van der Waals surface area contributed by atoms with Crippen molar-refractivity contribution in [3.63, 3.8) is 0 Å². The number of imidazole rings is 1. The van der Waals surface area contributed by atoms with E-state index in [4.69, 9.17) is 0 Å². The van der Waals surface area contributed by atoms with Gasteiger partial charge in [0.05, 0.1) is 29.0 Å². The fraction of sp³-hybridized carbons (Fsp3) is 0.190. The fourth-order valence-corrected chi connectivity index (χ4v) is 3.19. The summed E-state index contributed by atoms with van der Waals surface area (Å²) in [4.78, 5) is 29.2. The van der Waals surface area contributed by atoms with E-state index in [0.717, 1.165) is 27.8 Å². The maximum atomic E-state index is 12.3. The molecule has 142 valence electrons. The number of nitrogens with one attached hydrogen (secondary N) is 3. The first-order chi connectivity index (χ1) is 13.6. The number of aryl methyl sites for hydroxylation is 1. The quantitative estimate of drug-likeness (QED) is 0.483. The number of fused-ring (bicyclic) bond motifs is 1. The van der Waals surface area contributed by atoms with Crippen LogP contribution in [0, 0.1) is 0 Å². The van der Waals surface area contributed by atoms with Gasteiger partial charge in [0.1, 0.15) is 0 Å². The van der Waals surface area contributed by atoms with Gasteiger partial charge < -0.3 is 15.3 Å². The third-order valence-electron chi connectivity index (χ3n) is 4.72. The first kappa shape index (κ1) is 17.8. The molecule has 0 saturated carbocycles. The van der Waals surface area contributed by atoms with Crippen molar-refractivity contribution in [2.24, 2.45) is 0 Å². The molecular weight excluding hydrogens is 354 g/mol. The summed E-state index contributed by atoms with van der Waals surface area (Å²) in [6.07, 6.45) is 4.74. The molecule has 0 aliphatic carbocycles. The number of benzene rings is 2. The van der Waals surface area contributed by atoms with Crippen molar-refractivity contribution in [1.82, 2.24) is 25.1 Å². The molecule has 2 heterocycles. The van der Waals surface area contributed by atoms with Gasteiger partial charge in [-0.2, -0.15) is 5.10 Å². The normalized spacial score (nSPS) is 12.2. The van der Waals surface area contributed by atoms with Crippen LogP contribution in [-0.4, -0.2) is 25.7 Å². The van der Waals surface area contributed by atoms with Gasteiger partial charge in [0.25, 0.3) is 0 Å². The van der Waals surface area contributed by atoms with Crippen LogP contribution in [0.3, 0.4) is 0 Å². The summed E-state index contributed by atoms with van der Waals surface area (Å²) >= 11 is 0. The van der Waals surface area contributed by atoms with E-state index in [1.54, 1.807) is 6.20 Å². The summed E-state index contributed by atoms with van der Waals surface area (Å²) < 4.78 is 1.81. The zero-order valence-electron chi connectivity index (χ0n) is 15.5.